The molecule has 0 spiro atoms. The van der Waals surface area contributed by atoms with Crippen LogP contribution >= 0.6 is 11.6 Å². The molecule has 0 saturated heterocycles. The van der Waals surface area contributed by atoms with Crippen molar-refractivity contribution >= 4 is 39.1 Å². The van der Waals surface area contributed by atoms with Gasteiger partial charge >= 0.3 is 6.18 Å². The lowest BCUT2D eigenvalue weighted by Gasteiger charge is -2.33. The fourth-order valence-corrected chi connectivity index (χ4v) is 6.76. The molecule has 0 aliphatic heterocycles. The molecule has 2 amide bonds. The van der Waals surface area contributed by atoms with Crippen molar-refractivity contribution in [3.05, 3.63) is 95.0 Å². The lowest BCUT2D eigenvalue weighted by Crippen LogP contribution is -2.53. The van der Waals surface area contributed by atoms with Crippen molar-refractivity contribution in [3.63, 3.8) is 0 Å². The standard InChI is InChI=1S/C31H33ClF3N3O4S/c1-22(30(40)36-25-13-7-3-8-14-25)37(20-23-11-5-2-6-12-23)29(39)21-38(43(41,42)26-15-9-4-10-16-26)28-19-24(31(33,34)35)17-18-27(28)32/h2,4-6,9-12,15-19,22,25H,3,7-8,13-14,20-21H2,1H3,(H,36,40)/t22-/m0/s1. The maximum absolute atomic E-state index is 14.0. The van der Waals surface area contributed by atoms with Crippen LogP contribution in [0.15, 0.2) is 83.8 Å². The van der Waals surface area contributed by atoms with Gasteiger partial charge in [0.1, 0.15) is 12.6 Å². The van der Waals surface area contributed by atoms with E-state index in [1.165, 1.54) is 29.2 Å². The summed E-state index contributed by atoms with van der Waals surface area (Å²) in [6.45, 7) is 0.618. The number of anilines is 1. The first-order chi connectivity index (χ1) is 20.4. The summed E-state index contributed by atoms with van der Waals surface area (Å²) >= 11 is 6.29. The molecule has 4 rings (SSSR count). The minimum Gasteiger partial charge on any atom is -0.352 e. The number of carbonyl (C=O) groups excluding carboxylic acids is 2. The third-order valence-electron chi connectivity index (χ3n) is 7.47. The van der Waals surface area contributed by atoms with Crippen molar-refractivity contribution in [1.82, 2.24) is 10.2 Å². The van der Waals surface area contributed by atoms with Crippen molar-refractivity contribution in [2.75, 3.05) is 10.8 Å². The van der Waals surface area contributed by atoms with Crippen LogP contribution in [0.4, 0.5) is 18.9 Å². The van der Waals surface area contributed by atoms with E-state index >= 15 is 0 Å². The zero-order valence-corrected chi connectivity index (χ0v) is 25.1. The van der Waals surface area contributed by atoms with Gasteiger partial charge in [-0.15, -0.1) is 0 Å². The molecule has 1 fully saturated rings. The lowest BCUT2D eigenvalue weighted by atomic mass is 9.95. The van der Waals surface area contributed by atoms with E-state index in [0.717, 1.165) is 44.2 Å². The molecule has 1 aliphatic rings. The van der Waals surface area contributed by atoms with Crippen molar-refractivity contribution in [2.45, 2.75) is 68.7 Å². The highest BCUT2D eigenvalue weighted by Gasteiger charge is 2.36. The summed E-state index contributed by atoms with van der Waals surface area (Å²) in [6, 6.07) is 17.1. The number of hydrogen-bond donors (Lipinski definition) is 1. The average Bonchev–Trinajstić information content (AvgIpc) is 2.99. The number of hydrogen-bond acceptors (Lipinski definition) is 4. The van der Waals surface area contributed by atoms with Crippen LogP contribution in [-0.4, -0.2) is 43.8 Å². The Labute approximate surface area is 254 Å². The normalized spacial score (nSPS) is 15.0. The van der Waals surface area contributed by atoms with E-state index < -0.39 is 51.9 Å². The Morgan fingerprint density at radius 3 is 2.16 bits per heavy atom. The number of alkyl halides is 3. The lowest BCUT2D eigenvalue weighted by molar-refractivity contribution is -0.139. The quantitative estimate of drug-likeness (QED) is 0.279. The highest BCUT2D eigenvalue weighted by atomic mass is 35.5. The second kappa shape index (κ2) is 13.8. The summed E-state index contributed by atoms with van der Waals surface area (Å²) in [6.07, 6.45) is -0.0997. The minimum atomic E-state index is -4.80. The summed E-state index contributed by atoms with van der Waals surface area (Å²) in [4.78, 5) is 28.4. The van der Waals surface area contributed by atoms with Gasteiger partial charge in [0.15, 0.2) is 0 Å². The summed E-state index contributed by atoms with van der Waals surface area (Å²) in [7, 11) is -4.58. The fraction of sp³-hybridized carbons (Fsp3) is 0.355. The van der Waals surface area contributed by atoms with Gasteiger partial charge in [-0.05, 0) is 55.7 Å². The Balaban J connectivity index is 1.73. The van der Waals surface area contributed by atoms with E-state index in [1.54, 1.807) is 43.3 Å². The Morgan fingerprint density at radius 2 is 1.56 bits per heavy atom. The second-order valence-electron chi connectivity index (χ2n) is 10.5. The summed E-state index contributed by atoms with van der Waals surface area (Å²) in [5, 5.41) is 2.71. The molecule has 7 nitrogen and oxygen atoms in total. The Kier molecular flexibility index (Phi) is 10.4. The molecule has 12 heteroatoms. The summed E-state index contributed by atoms with van der Waals surface area (Å²) < 4.78 is 69.3. The topological polar surface area (TPSA) is 86.8 Å². The van der Waals surface area contributed by atoms with Crippen molar-refractivity contribution in [1.29, 1.82) is 0 Å². The number of halogens is 4. The maximum Gasteiger partial charge on any atom is 0.416 e. The minimum absolute atomic E-state index is 0.0313. The predicted molar refractivity (Wildman–Crippen MR) is 159 cm³/mol. The van der Waals surface area contributed by atoms with Crippen LogP contribution in [0.3, 0.4) is 0 Å². The molecule has 1 saturated carbocycles. The van der Waals surface area contributed by atoms with E-state index in [4.69, 9.17) is 11.6 Å². The summed E-state index contributed by atoms with van der Waals surface area (Å²) in [5.74, 6) is -1.19. The molecule has 0 unspecified atom stereocenters. The number of sulfonamides is 1. The number of amides is 2. The number of nitrogens with one attached hydrogen (secondary N) is 1. The zero-order valence-electron chi connectivity index (χ0n) is 23.6. The number of nitrogens with zero attached hydrogens (tertiary/aromatic N) is 2. The molecule has 0 heterocycles. The second-order valence-corrected chi connectivity index (χ2v) is 12.8. The van der Waals surface area contributed by atoms with E-state index in [2.05, 4.69) is 5.32 Å². The Hall–Kier alpha value is -3.57. The predicted octanol–water partition coefficient (Wildman–Crippen LogP) is 6.42. The Morgan fingerprint density at radius 1 is 0.953 bits per heavy atom. The molecule has 0 bridgehead atoms. The van der Waals surface area contributed by atoms with Gasteiger partial charge < -0.3 is 10.2 Å². The van der Waals surface area contributed by atoms with Crippen LogP contribution in [0, 0.1) is 0 Å². The highest BCUT2D eigenvalue weighted by Crippen LogP contribution is 2.37. The highest BCUT2D eigenvalue weighted by molar-refractivity contribution is 7.92. The largest absolute Gasteiger partial charge is 0.416 e. The van der Waals surface area contributed by atoms with Gasteiger partial charge in [0.25, 0.3) is 10.0 Å². The van der Waals surface area contributed by atoms with Gasteiger partial charge in [-0.2, -0.15) is 13.2 Å². The third-order valence-corrected chi connectivity index (χ3v) is 9.56. The van der Waals surface area contributed by atoms with Crippen LogP contribution in [0.2, 0.25) is 5.02 Å². The molecule has 0 aromatic heterocycles. The number of rotatable bonds is 10. The van der Waals surface area contributed by atoms with Crippen LogP contribution in [-0.2, 0) is 32.3 Å². The van der Waals surface area contributed by atoms with E-state index in [-0.39, 0.29) is 22.5 Å². The maximum atomic E-state index is 14.0. The fourth-order valence-electron chi connectivity index (χ4n) is 5.04. The molecular formula is C31H33ClF3N3O4S. The molecule has 1 N–H and O–H groups in total. The van der Waals surface area contributed by atoms with Crippen molar-refractivity contribution < 1.29 is 31.2 Å². The SMILES string of the molecule is C[C@@H](C(=O)NC1CCCCC1)N(Cc1ccccc1)C(=O)CN(c1cc(C(F)(F)F)ccc1Cl)S(=O)(=O)c1ccccc1. The number of carbonyl (C=O) groups is 2. The van der Waals surface area contributed by atoms with Crippen LogP contribution in [0.25, 0.3) is 0 Å². The first-order valence-corrected chi connectivity index (χ1v) is 15.8. The third kappa shape index (κ3) is 8.08. The van der Waals surface area contributed by atoms with Gasteiger partial charge in [-0.25, -0.2) is 8.42 Å². The number of benzene rings is 3. The molecule has 3 aromatic rings. The van der Waals surface area contributed by atoms with Crippen LogP contribution in [0.5, 0.6) is 0 Å². The van der Waals surface area contributed by atoms with Gasteiger partial charge in [0.2, 0.25) is 11.8 Å². The van der Waals surface area contributed by atoms with Crippen LogP contribution in [0.1, 0.15) is 50.2 Å². The van der Waals surface area contributed by atoms with Gasteiger partial charge in [0, 0.05) is 12.6 Å². The van der Waals surface area contributed by atoms with E-state index in [1.807, 2.05) is 0 Å². The molecular weight excluding hydrogens is 603 g/mol. The Bertz CT molecular complexity index is 1520. The average molecular weight is 636 g/mol. The molecule has 43 heavy (non-hydrogen) atoms. The van der Waals surface area contributed by atoms with Crippen molar-refractivity contribution in [2.24, 2.45) is 0 Å². The van der Waals surface area contributed by atoms with Gasteiger partial charge in [-0.3, -0.25) is 13.9 Å². The zero-order chi connectivity index (χ0) is 31.2. The van der Waals surface area contributed by atoms with E-state index in [0.29, 0.717) is 15.9 Å². The van der Waals surface area contributed by atoms with E-state index in [9.17, 15) is 31.2 Å². The van der Waals surface area contributed by atoms with Gasteiger partial charge in [-0.1, -0.05) is 79.4 Å². The first-order valence-electron chi connectivity index (χ1n) is 14.0. The molecule has 1 atom stereocenters. The van der Waals surface area contributed by atoms with Crippen LogP contribution < -0.4 is 9.62 Å². The molecule has 3 aromatic carbocycles. The molecule has 230 valence electrons. The van der Waals surface area contributed by atoms with Gasteiger partial charge in [0.05, 0.1) is 21.2 Å². The molecule has 0 radical (unpaired) electrons. The smallest absolute Gasteiger partial charge is 0.352 e. The molecule has 1 aliphatic carbocycles. The summed E-state index contributed by atoms with van der Waals surface area (Å²) in [5.41, 5.74) is -0.954. The monoisotopic (exact) mass is 635 g/mol. The first kappa shape index (κ1) is 32.3. The van der Waals surface area contributed by atoms with Crippen molar-refractivity contribution in [3.8, 4) is 0 Å².